The maximum absolute atomic E-state index is 12.5. The van der Waals surface area contributed by atoms with Gasteiger partial charge in [-0.05, 0) is 24.3 Å². The average molecular weight is 396 g/mol. The van der Waals surface area contributed by atoms with Crippen molar-refractivity contribution in [2.75, 3.05) is 26.0 Å². The Morgan fingerprint density at radius 2 is 1.79 bits per heavy atom. The largest absolute Gasteiger partial charge is 0.345 e. The summed E-state index contributed by atoms with van der Waals surface area (Å²) < 4.78 is 0. The predicted octanol–water partition coefficient (Wildman–Crippen LogP) is 1.53. The molecule has 10 heteroatoms. The first-order valence-corrected chi connectivity index (χ1v) is 8.46. The van der Waals surface area contributed by atoms with Gasteiger partial charge in [0.1, 0.15) is 12.1 Å². The summed E-state index contributed by atoms with van der Waals surface area (Å²) in [4.78, 5) is 61.7. The van der Waals surface area contributed by atoms with Gasteiger partial charge in [0.15, 0.2) is 0 Å². The molecule has 0 spiro atoms. The van der Waals surface area contributed by atoms with Gasteiger partial charge < -0.3 is 10.2 Å². The summed E-state index contributed by atoms with van der Waals surface area (Å²) >= 11 is 0. The van der Waals surface area contributed by atoms with Crippen LogP contribution in [-0.2, 0) is 4.79 Å². The van der Waals surface area contributed by atoms with Crippen LogP contribution < -0.4 is 5.32 Å². The van der Waals surface area contributed by atoms with Crippen LogP contribution in [0.25, 0.3) is 0 Å². The van der Waals surface area contributed by atoms with E-state index in [2.05, 4.69) is 5.32 Å². The summed E-state index contributed by atoms with van der Waals surface area (Å²) in [7, 11) is 3.18. The Morgan fingerprint density at radius 1 is 1.10 bits per heavy atom. The first kappa shape index (κ1) is 19.7. The van der Waals surface area contributed by atoms with Gasteiger partial charge in [-0.1, -0.05) is 12.1 Å². The zero-order valence-corrected chi connectivity index (χ0v) is 15.5. The standard InChI is InChI=1S/C19H16N4O6/c1-21(2)17(25)11-5-3-6-12(9-11)20-15(24)10-22-18(26)13-7-4-8-14(23(28)29)16(13)19(22)27/h3-9H,10H2,1-2H3,(H,20,24). The number of hydrogen-bond acceptors (Lipinski definition) is 6. The fourth-order valence-corrected chi connectivity index (χ4v) is 2.94. The normalized spacial score (nSPS) is 12.6. The molecular formula is C19H16N4O6. The minimum absolute atomic E-state index is 0.115. The number of amides is 4. The third kappa shape index (κ3) is 3.68. The molecule has 29 heavy (non-hydrogen) atoms. The van der Waals surface area contributed by atoms with Crippen molar-refractivity contribution in [2.45, 2.75) is 0 Å². The van der Waals surface area contributed by atoms with Gasteiger partial charge in [0.25, 0.3) is 23.4 Å². The lowest BCUT2D eigenvalue weighted by molar-refractivity contribution is -0.385. The van der Waals surface area contributed by atoms with Gasteiger partial charge in [-0.15, -0.1) is 0 Å². The number of fused-ring (bicyclic) bond motifs is 1. The highest BCUT2D eigenvalue weighted by Crippen LogP contribution is 2.30. The molecule has 1 heterocycles. The Hall–Kier alpha value is -4.08. The molecule has 0 unspecified atom stereocenters. The Balaban J connectivity index is 1.77. The van der Waals surface area contributed by atoms with Crippen LogP contribution in [-0.4, -0.2) is 59.0 Å². The highest BCUT2D eigenvalue weighted by Gasteiger charge is 2.41. The number of nitrogens with one attached hydrogen (secondary N) is 1. The SMILES string of the molecule is CN(C)C(=O)c1cccc(NC(=O)CN2C(=O)c3cccc([N+](=O)[O-])c3C2=O)c1. The minimum atomic E-state index is -0.899. The molecule has 10 nitrogen and oxygen atoms in total. The monoisotopic (exact) mass is 396 g/mol. The number of carbonyl (C=O) groups excluding carboxylic acids is 4. The molecular weight excluding hydrogens is 380 g/mol. The summed E-state index contributed by atoms with van der Waals surface area (Å²) in [6.07, 6.45) is 0. The van der Waals surface area contributed by atoms with E-state index in [0.29, 0.717) is 16.2 Å². The second-order valence-corrected chi connectivity index (χ2v) is 6.48. The van der Waals surface area contributed by atoms with Gasteiger partial charge >= 0.3 is 0 Å². The summed E-state index contributed by atoms with van der Waals surface area (Å²) in [6, 6.07) is 9.92. The molecule has 0 saturated heterocycles. The molecule has 1 aliphatic heterocycles. The van der Waals surface area contributed by atoms with Crippen molar-refractivity contribution < 1.29 is 24.1 Å². The number of anilines is 1. The number of benzene rings is 2. The van der Waals surface area contributed by atoms with Crippen molar-refractivity contribution in [2.24, 2.45) is 0 Å². The molecule has 0 radical (unpaired) electrons. The number of imide groups is 1. The smallest absolute Gasteiger partial charge is 0.282 e. The highest BCUT2D eigenvalue weighted by atomic mass is 16.6. The summed E-state index contributed by atoms with van der Waals surface area (Å²) in [5, 5.41) is 13.6. The van der Waals surface area contributed by atoms with E-state index in [9.17, 15) is 29.3 Å². The summed E-state index contributed by atoms with van der Waals surface area (Å²) in [5.74, 6) is -2.62. The molecule has 2 aromatic rings. The fraction of sp³-hybridized carbons (Fsp3) is 0.158. The molecule has 0 saturated carbocycles. The Kier molecular flexibility index (Phi) is 5.09. The van der Waals surface area contributed by atoms with Gasteiger partial charge in [-0.2, -0.15) is 0 Å². The van der Waals surface area contributed by atoms with E-state index in [-0.39, 0.29) is 17.0 Å². The highest BCUT2D eigenvalue weighted by molar-refractivity contribution is 6.24. The Bertz CT molecular complexity index is 1060. The number of hydrogen-bond donors (Lipinski definition) is 1. The number of nitro benzene ring substituents is 1. The van der Waals surface area contributed by atoms with Gasteiger partial charge in [0, 0.05) is 31.4 Å². The van der Waals surface area contributed by atoms with Crippen molar-refractivity contribution in [1.82, 2.24) is 9.80 Å². The van der Waals surface area contributed by atoms with Crippen molar-refractivity contribution in [3.8, 4) is 0 Å². The molecule has 1 N–H and O–H groups in total. The van der Waals surface area contributed by atoms with Crippen LogP contribution in [0.1, 0.15) is 31.1 Å². The lowest BCUT2D eigenvalue weighted by atomic mass is 10.1. The summed E-state index contributed by atoms with van der Waals surface area (Å²) in [5.41, 5.74) is -0.266. The van der Waals surface area contributed by atoms with Crippen LogP contribution in [0.3, 0.4) is 0 Å². The van der Waals surface area contributed by atoms with E-state index in [4.69, 9.17) is 0 Å². The molecule has 4 amide bonds. The lowest BCUT2D eigenvalue weighted by Gasteiger charge is -2.14. The number of rotatable bonds is 5. The second kappa shape index (κ2) is 7.50. The van der Waals surface area contributed by atoms with E-state index in [1.807, 2.05) is 0 Å². The average Bonchev–Trinajstić information content (AvgIpc) is 2.92. The van der Waals surface area contributed by atoms with Gasteiger partial charge in [-0.25, -0.2) is 0 Å². The maximum atomic E-state index is 12.5. The zero-order chi connectivity index (χ0) is 21.3. The van der Waals surface area contributed by atoms with E-state index in [0.717, 1.165) is 6.07 Å². The van der Waals surface area contributed by atoms with Gasteiger partial charge in [-0.3, -0.25) is 34.2 Å². The van der Waals surface area contributed by atoms with Crippen LogP contribution >= 0.6 is 0 Å². The first-order valence-electron chi connectivity index (χ1n) is 8.46. The van der Waals surface area contributed by atoms with Crippen molar-refractivity contribution in [1.29, 1.82) is 0 Å². The van der Waals surface area contributed by atoms with Crippen molar-refractivity contribution >= 4 is 35.0 Å². The third-order valence-electron chi connectivity index (χ3n) is 4.27. The molecule has 0 fully saturated rings. The molecule has 0 aromatic heterocycles. The van der Waals surface area contributed by atoms with Crippen LogP contribution in [0.15, 0.2) is 42.5 Å². The van der Waals surface area contributed by atoms with E-state index < -0.39 is 34.9 Å². The maximum Gasteiger partial charge on any atom is 0.282 e. The quantitative estimate of drug-likeness (QED) is 0.463. The predicted molar refractivity (Wildman–Crippen MR) is 102 cm³/mol. The van der Waals surface area contributed by atoms with Crippen LogP contribution in [0.2, 0.25) is 0 Å². The Labute approximate surface area is 164 Å². The van der Waals surface area contributed by atoms with Crippen molar-refractivity contribution in [3.63, 3.8) is 0 Å². The topological polar surface area (TPSA) is 130 Å². The second-order valence-electron chi connectivity index (χ2n) is 6.48. The summed E-state index contributed by atoms with van der Waals surface area (Å²) in [6.45, 7) is -0.616. The molecule has 0 atom stereocenters. The minimum Gasteiger partial charge on any atom is -0.345 e. The molecule has 1 aliphatic rings. The van der Waals surface area contributed by atoms with Crippen LogP contribution in [0.5, 0.6) is 0 Å². The van der Waals surface area contributed by atoms with E-state index in [1.54, 1.807) is 32.3 Å². The van der Waals surface area contributed by atoms with Crippen LogP contribution in [0, 0.1) is 10.1 Å². The van der Waals surface area contributed by atoms with Crippen molar-refractivity contribution in [3.05, 3.63) is 69.3 Å². The zero-order valence-electron chi connectivity index (χ0n) is 15.5. The Morgan fingerprint density at radius 3 is 2.45 bits per heavy atom. The van der Waals surface area contributed by atoms with Gasteiger partial charge in [0.05, 0.1) is 10.5 Å². The number of nitrogens with zero attached hydrogens (tertiary/aromatic N) is 3. The molecule has 148 valence electrons. The fourth-order valence-electron chi connectivity index (χ4n) is 2.94. The molecule has 0 aliphatic carbocycles. The van der Waals surface area contributed by atoms with Crippen LogP contribution in [0.4, 0.5) is 11.4 Å². The lowest BCUT2D eigenvalue weighted by Crippen LogP contribution is -2.37. The van der Waals surface area contributed by atoms with Gasteiger partial charge in [0.2, 0.25) is 5.91 Å². The number of nitro groups is 1. The molecule has 3 rings (SSSR count). The van der Waals surface area contributed by atoms with E-state index >= 15 is 0 Å². The third-order valence-corrected chi connectivity index (χ3v) is 4.27. The molecule has 0 bridgehead atoms. The van der Waals surface area contributed by atoms with E-state index in [1.165, 1.54) is 23.1 Å². The number of carbonyl (C=O) groups is 4. The first-order chi connectivity index (χ1) is 13.7. The molecule has 2 aromatic carbocycles.